The van der Waals surface area contributed by atoms with Gasteiger partial charge >= 0.3 is 0 Å². The highest BCUT2D eigenvalue weighted by molar-refractivity contribution is 7.19. The van der Waals surface area contributed by atoms with Gasteiger partial charge in [-0.3, -0.25) is 4.40 Å². The number of rotatable bonds is 2. The highest BCUT2D eigenvalue weighted by Gasteiger charge is 2.10. The molecule has 17 heavy (non-hydrogen) atoms. The summed E-state index contributed by atoms with van der Waals surface area (Å²) >= 11 is 7.46. The van der Waals surface area contributed by atoms with E-state index in [4.69, 9.17) is 16.3 Å². The molecule has 0 spiro atoms. The Bertz CT molecular complexity index is 674. The van der Waals surface area contributed by atoms with Crippen LogP contribution in [-0.4, -0.2) is 16.5 Å². The van der Waals surface area contributed by atoms with Crippen LogP contribution in [0.2, 0.25) is 4.34 Å². The summed E-state index contributed by atoms with van der Waals surface area (Å²) in [6.07, 6.45) is 3.77. The van der Waals surface area contributed by atoms with Gasteiger partial charge in [-0.25, -0.2) is 4.98 Å². The van der Waals surface area contributed by atoms with Crippen molar-refractivity contribution in [2.24, 2.45) is 0 Å². The highest BCUT2D eigenvalue weighted by Crippen LogP contribution is 2.32. The van der Waals surface area contributed by atoms with Crippen LogP contribution in [0.15, 0.2) is 36.7 Å². The number of imidazole rings is 1. The molecule has 0 N–H and O–H groups in total. The molecule has 3 aromatic heterocycles. The summed E-state index contributed by atoms with van der Waals surface area (Å²) in [5.74, 6) is 1.70. The molecule has 0 aliphatic carbocycles. The maximum absolute atomic E-state index is 5.94. The zero-order valence-corrected chi connectivity index (χ0v) is 10.6. The third kappa shape index (κ3) is 1.69. The summed E-state index contributed by atoms with van der Waals surface area (Å²) in [4.78, 5) is 5.47. The zero-order valence-electron chi connectivity index (χ0n) is 9.05. The molecule has 0 fully saturated rings. The van der Waals surface area contributed by atoms with Crippen LogP contribution in [0, 0.1) is 0 Å². The predicted octanol–water partition coefficient (Wildman–Crippen LogP) is 3.72. The summed E-state index contributed by atoms with van der Waals surface area (Å²) < 4.78 is 8.06. The second-order valence-electron chi connectivity index (χ2n) is 3.52. The van der Waals surface area contributed by atoms with Gasteiger partial charge in [0.25, 0.3) is 0 Å². The summed E-state index contributed by atoms with van der Waals surface area (Å²) in [7, 11) is 1.66. The van der Waals surface area contributed by atoms with Crippen molar-refractivity contribution >= 4 is 28.5 Å². The number of methoxy groups -OCH3 is 1. The number of hydrogen-bond acceptors (Lipinski definition) is 3. The van der Waals surface area contributed by atoms with Gasteiger partial charge in [0.15, 0.2) is 5.82 Å². The minimum Gasteiger partial charge on any atom is -0.494 e. The van der Waals surface area contributed by atoms with Crippen molar-refractivity contribution in [2.75, 3.05) is 7.11 Å². The van der Waals surface area contributed by atoms with E-state index in [1.165, 1.54) is 11.3 Å². The van der Waals surface area contributed by atoms with Gasteiger partial charge in [-0.05, 0) is 24.3 Å². The number of pyridine rings is 1. The Hall–Kier alpha value is -1.52. The van der Waals surface area contributed by atoms with Crippen LogP contribution in [0.5, 0.6) is 5.75 Å². The summed E-state index contributed by atoms with van der Waals surface area (Å²) in [5, 5.41) is 0. The fraction of sp³-hybridized carbons (Fsp3) is 0.0833. The van der Waals surface area contributed by atoms with Gasteiger partial charge in [0.05, 0.1) is 22.5 Å². The smallest absolute Gasteiger partial charge is 0.154 e. The van der Waals surface area contributed by atoms with Crippen LogP contribution in [0.1, 0.15) is 0 Å². The molecule has 0 aliphatic heterocycles. The molecule has 0 radical (unpaired) electrons. The van der Waals surface area contributed by atoms with Crippen LogP contribution in [-0.2, 0) is 0 Å². The number of halogens is 1. The molecule has 86 valence electrons. The number of fused-ring (bicyclic) bond motifs is 1. The fourth-order valence-electron chi connectivity index (χ4n) is 1.79. The molecule has 3 rings (SSSR count). The van der Waals surface area contributed by atoms with Gasteiger partial charge in [0, 0.05) is 6.20 Å². The van der Waals surface area contributed by atoms with E-state index in [-0.39, 0.29) is 0 Å². The third-order valence-corrected chi connectivity index (χ3v) is 3.77. The summed E-state index contributed by atoms with van der Waals surface area (Å²) in [6.45, 7) is 0. The minimum absolute atomic E-state index is 0.764. The Morgan fingerprint density at radius 3 is 2.94 bits per heavy atom. The summed E-state index contributed by atoms with van der Waals surface area (Å²) in [6, 6.07) is 7.71. The predicted molar refractivity (Wildman–Crippen MR) is 70.1 cm³/mol. The molecular weight excluding hydrogens is 256 g/mol. The fourth-order valence-corrected chi connectivity index (χ4v) is 2.82. The Morgan fingerprint density at radius 2 is 2.24 bits per heavy atom. The average Bonchev–Trinajstić information content (AvgIpc) is 2.94. The Morgan fingerprint density at radius 1 is 1.35 bits per heavy atom. The van der Waals surface area contributed by atoms with Gasteiger partial charge in [0.1, 0.15) is 11.3 Å². The summed E-state index contributed by atoms with van der Waals surface area (Å²) in [5.41, 5.74) is 0.953. The van der Waals surface area contributed by atoms with E-state index >= 15 is 0 Å². The molecule has 0 amide bonds. The Labute approximate surface area is 107 Å². The first-order valence-corrected chi connectivity index (χ1v) is 6.25. The number of ether oxygens (including phenoxy) is 1. The van der Waals surface area contributed by atoms with E-state index in [1.54, 1.807) is 7.11 Å². The van der Waals surface area contributed by atoms with E-state index in [1.807, 2.05) is 41.1 Å². The van der Waals surface area contributed by atoms with Gasteiger partial charge in [-0.2, -0.15) is 0 Å². The van der Waals surface area contributed by atoms with E-state index in [0.29, 0.717) is 0 Å². The SMILES string of the molecule is COc1cccn2c(-c3ccc(Cl)s3)ncc12. The highest BCUT2D eigenvalue weighted by atomic mass is 35.5. The van der Waals surface area contributed by atoms with E-state index in [2.05, 4.69) is 4.98 Å². The second-order valence-corrected chi connectivity index (χ2v) is 5.23. The van der Waals surface area contributed by atoms with E-state index in [0.717, 1.165) is 26.3 Å². The molecule has 0 aromatic carbocycles. The number of hydrogen-bond donors (Lipinski definition) is 0. The molecule has 0 bridgehead atoms. The zero-order chi connectivity index (χ0) is 11.8. The molecule has 3 aromatic rings. The van der Waals surface area contributed by atoms with E-state index in [9.17, 15) is 0 Å². The van der Waals surface area contributed by atoms with Crippen LogP contribution in [0.3, 0.4) is 0 Å². The normalized spacial score (nSPS) is 10.9. The number of nitrogens with zero attached hydrogens (tertiary/aromatic N) is 2. The maximum atomic E-state index is 5.94. The van der Waals surface area contributed by atoms with Crippen molar-refractivity contribution in [1.82, 2.24) is 9.38 Å². The van der Waals surface area contributed by atoms with Crippen molar-refractivity contribution in [3.63, 3.8) is 0 Å². The van der Waals surface area contributed by atoms with Crippen molar-refractivity contribution < 1.29 is 4.74 Å². The van der Waals surface area contributed by atoms with E-state index < -0.39 is 0 Å². The van der Waals surface area contributed by atoms with Crippen molar-refractivity contribution in [1.29, 1.82) is 0 Å². The molecule has 0 atom stereocenters. The minimum atomic E-state index is 0.764. The monoisotopic (exact) mass is 264 g/mol. The first-order chi connectivity index (χ1) is 8.29. The number of thiophene rings is 1. The molecule has 5 heteroatoms. The lowest BCUT2D eigenvalue weighted by atomic mass is 10.4. The van der Waals surface area contributed by atoms with Crippen molar-refractivity contribution in [3.8, 4) is 16.5 Å². The van der Waals surface area contributed by atoms with Gasteiger partial charge in [-0.15, -0.1) is 11.3 Å². The lowest BCUT2D eigenvalue weighted by molar-refractivity contribution is 0.418. The molecule has 3 nitrogen and oxygen atoms in total. The van der Waals surface area contributed by atoms with Gasteiger partial charge < -0.3 is 4.74 Å². The van der Waals surface area contributed by atoms with Crippen molar-refractivity contribution in [2.45, 2.75) is 0 Å². The largest absolute Gasteiger partial charge is 0.494 e. The van der Waals surface area contributed by atoms with Crippen LogP contribution >= 0.6 is 22.9 Å². The molecule has 0 unspecified atom stereocenters. The molecular formula is C12H9ClN2OS. The van der Waals surface area contributed by atoms with Gasteiger partial charge in [-0.1, -0.05) is 11.6 Å². The standard InChI is InChI=1S/C12H9ClN2OS/c1-16-9-3-2-6-15-8(9)7-14-12(15)10-4-5-11(13)17-10/h2-7H,1H3. The van der Waals surface area contributed by atoms with Crippen LogP contribution in [0.25, 0.3) is 16.2 Å². The quantitative estimate of drug-likeness (QED) is 0.705. The molecule has 0 saturated carbocycles. The van der Waals surface area contributed by atoms with Crippen molar-refractivity contribution in [3.05, 3.63) is 41.0 Å². The molecule has 0 aliphatic rings. The third-order valence-electron chi connectivity index (χ3n) is 2.55. The Balaban J connectivity index is 2.25. The lowest BCUT2D eigenvalue weighted by Crippen LogP contribution is -1.90. The molecule has 3 heterocycles. The second kappa shape index (κ2) is 4.05. The average molecular weight is 265 g/mol. The van der Waals surface area contributed by atoms with Crippen LogP contribution in [0.4, 0.5) is 0 Å². The maximum Gasteiger partial charge on any atom is 0.154 e. The lowest BCUT2D eigenvalue weighted by Gasteiger charge is -2.03. The number of aromatic nitrogens is 2. The first-order valence-electron chi connectivity index (χ1n) is 5.05. The van der Waals surface area contributed by atoms with Gasteiger partial charge in [0.2, 0.25) is 0 Å². The van der Waals surface area contributed by atoms with Crippen LogP contribution < -0.4 is 4.74 Å². The first kappa shape index (κ1) is 10.6. The topological polar surface area (TPSA) is 26.5 Å². The molecule has 0 saturated heterocycles. The Kier molecular flexibility index (Phi) is 2.53.